The second-order valence-corrected chi connectivity index (χ2v) is 7.17. The van der Waals surface area contributed by atoms with E-state index in [1.807, 2.05) is 6.92 Å². The third kappa shape index (κ3) is 5.77. The molecule has 0 amide bonds. The molecule has 2 unspecified atom stereocenters. The summed E-state index contributed by atoms with van der Waals surface area (Å²) in [5, 5.41) is 3.34. The lowest BCUT2D eigenvalue weighted by Gasteiger charge is -2.37. The number of hydrogen-bond acceptors (Lipinski definition) is 3. The molecule has 26 heavy (non-hydrogen) atoms. The van der Waals surface area contributed by atoms with Gasteiger partial charge in [0.2, 0.25) is 0 Å². The summed E-state index contributed by atoms with van der Waals surface area (Å²) in [7, 11) is 0. The third-order valence-electron chi connectivity index (χ3n) is 4.51. The van der Waals surface area contributed by atoms with Crippen LogP contribution in [0.2, 0.25) is 0 Å². The highest BCUT2D eigenvalue weighted by Crippen LogP contribution is 2.22. The molecule has 0 saturated carbocycles. The molecule has 2 aliphatic heterocycles. The zero-order valence-electron chi connectivity index (χ0n) is 14.9. The Morgan fingerprint density at radius 2 is 2.15 bits per heavy atom. The fourth-order valence-corrected chi connectivity index (χ4v) is 3.61. The van der Waals surface area contributed by atoms with Crippen LogP contribution in [0.4, 0.5) is 4.39 Å². The Hall–Kier alpha value is -0.450. The SMILES string of the molecule is CCNC(=NCc1cc(F)ccc1Br)N1CCOC(C2CCCO2)C1.I. The van der Waals surface area contributed by atoms with Crippen LogP contribution in [0.25, 0.3) is 0 Å². The maximum absolute atomic E-state index is 13.5. The molecule has 8 heteroatoms. The number of aliphatic imine (C=N–C) groups is 1. The summed E-state index contributed by atoms with van der Waals surface area (Å²) >= 11 is 3.46. The minimum atomic E-state index is -0.247. The summed E-state index contributed by atoms with van der Waals surface area (Å²) in [6.07, 6.45) is 2.43. The van der Waals surface area contributed by atoms with Crippen molar-refractivity contribution in [2.24, 2.45) is 4.99 Å². The average Bonchev–Trinajstić information content (AvgIpc) is 3.16. The molecule has 1 N–H and O–H groups in total. The smallest absolute Gasteiger partial charge is 0.194 e. The first kappa shape index (κ1) is 21.8. The van der Waals surface area contributed by atoms with E-state index in [2.05, 4.69) is 26.1 Å². The zero-order chi connectivity index (χ0) is 17.6. The number of ether oxygens (including phenoxy) is 2. The lowest BCUT2D eigenvalue weighted by molar-refractivity contribution is -0.0817. The van der Waals surface area contributed by atoms with E-state index in [1.165, 1.54) is 12.1 Å². The predicted molar refractivity (Wildman–Crippen MR) is 115 cm³/mol. The Kier molecular flexibility index (Phi) is 9.05. The van der Waals surface area contributed by atoms with Crippen LogP contribution in [0, 0.1) is 5.82 Å². The van der Waals surface area contributed by atoms with Gasteiger partial charge < -0.3 is 19.7 Å². The molecule has 1 aromatic rings. The van der Waals surface area contributed by atoms with E-state index in [1.54, 1.807) is 6.07 Å². The van der Waals surface area contributed by atoms with Gasteiger partial charge in [-0.15, -0.1) is 24.0 Å². The van der Waals surface area contributed by atoms with E-state index in [0.717, 1.165) is 55.1 Å². The van der Waals surface area contributed by atoms with Gasteiger partial charge in [0.1, 0.15) is 11.9 Å². The molecule has 3 rings (SSSR count). The molecule has 0 aliphatic carbocycles. The van der Waals surface area contributed by atoms with Crippen LogP contribution < -0.4 is 5.32 Å². The summed E-state index contributed by atoms with van der Waals surface area (Å²) in [5.74, 6) is 0.591. The van der Waals surface area contributed by atoms with Crippen LogP contribution in [-0.2, 0) is 16.0 Å². The van der Waals surface area contributed by atoms with Crippen LogP contribution in [0.15, 0.2) is 27.7 Å². The van der Waals surface area contributed by atoms with Crippen LogP contribution in [0.3, 0.4) is 0 Å². The predicted octanol–water partition coefficient (Wildman–Crippen LogP) is 3.55. The first-order valence-electron chi connectivity index (χ1n) is 8.87. The van der Waals surface area contributed by atoms with Gasteiger partial charge in [-0.2, -0.15) is 0 Å². The van der Waals surface area contributed by atoms with Gasteiger partial charge in [0.15, 0.2) is 5.96 Å². The molecule has 0 bridgehead atoms. The van der Waals surface area contributed by atoms with Crippen LogP contribution in [0.5, 0.6) is 0 Å². The van der Waals surface area contributed by atoms with Crippen LogP contribution in [-0.4, -0.2) is 55.9 Å². The molecule has 2 heterocycles. The summed E-state index contributed by atoms with van der Waals surface area (Å²) in [4.78, 5) is 6.92. The van der Waals surface area contributed by atoms with Crippen LogP contribution >= 0.6 is 39.9 Å². The molecule has 0 aromatic heterocycles. The van der Waals surface area contributed by atoms with E-state index >= 15 is 0 Å². The van der Waals surface area contributed by atoms with E-state index in [9.17, 15) is 4.39 Å². The number of nitrogens with zero attached hydrogens (tertiary/aromatic N) is 2. The maximum atomic E-state index is 13.5. The van der Waals surface area contributed by atoms with Crippen molar-refractivity contribution in [1.82, 2.24) is 10.2 Å². The summed E-state index contributed by atoms with van der Waals surface area (Å²) < 4.78 is 26.0. The standard InChI is InChI=1S/C18H25BrFN3O2.HI/c1-2-21-18(22-11-13-10-14(20)5-6-15(13)19)23-7-9-25-17(12-23)16-4-3-8-24-16;/h5-6,10,16-17H,2-4,7-9,11-12H2,1H3,(H,21,22);1H. The van der Waals surface area contributed by atoms with Gasteiger partial charge in [-0.05, 0) is 43.5 Å². The Morgan fingerprint density at radius 1 is 1.35 bits per heavy atom. The van der Waals surface area contributed by atoms with Gasteiger partial charge >= 0.3 is 0 Å². The van der Waals surface area contributed by atoms with E-state index in [-0.39, 0.29) is 42.0 Å². The quantitative estimate of drug-likeness (QED) is 0.360. The third-order valence-corrected chi connectivity index (χ3v) is 5.29. The second kappa shape index (κ2) is 10.8. The van der Waals surface area contributed by atoms with E-state index in [0.29, 0.717) is 13.2 Å². The minimum absolute atomic E-state index is 0. The number of hydrogen-bond donors (Lipinski definition) is 1. The van der Waals surface area contributed by atoms with Crippen molar-refractivity contribution in [3.8, 4) is 0 Å². The molecular formula is C18H26BrFIN3O2. The average molecular weight is 542 g/mol. The molecule has 5 nitrogen and oxygen atoms in total. The maximum Gasteiger partial charge on any atom is 0.194 e. The molecule has 2 saturated heterocycles. The normalized spacial score (nSPS) is 23.7. The van der Waals surface area contributed by atoms with Crippen molar-refractivity contribution in [1.29, 1.82) is 0 Å². The number of rotatable bonds is 4. The highest BCUT2D eigenvalue weighted by molar-refractivity contribution is 14.0. The Bertz CT molecular complexity index is 614. The Labute approximate surface area is 179 Å². The summed E-state index contributed by atoms with van der Waals surface area (Å²) in [6.45, 7) is 6.30. The lowest BCUT2D eigenvalue weighted by Crippen LogP contribution is -2.53. The second-order valence-electron chi connectivity index (χ2n) is 6.31. The lowest BCUT2D eigenvalue weighted by atomic mass is 10.1. The Balaban J connectivity index is 0.00000243. The number of nitrogens with one attached hydrogen (secondary N) is 1. The molecule has 2 atom stereocenters. The van der Waals surface area contributed by atoms with Gasteiger partial charge in [0, 0.05) is 30.7 Å². The van der Waals surface area contributed by atoms with Gasteiger partial charge in [-0.3, -0.25) is 0 Å². The topological polar surface area (TPSA) is 46.1 Å². The highest BCUT2D eigenvalue weighted by atomic mass is 127. The molecule has 146 valence electrons. The summed E-state index contributed by atoms with van der Waals surface area (Å²) in [6, 6.07) is 4.68. The van der Waals surface area contributed by atoms with Crippen molar-refractivity contribution in [2.75, 3.05) is 32.8 Å². The number of morpholine rings is 1. The van der Waals surface area contributed by atoms with E-state index in [4.69, 9.17) is 14.5 Å². The number of benzene rings is 1. The molecule has 1 aromatic carbocycles. The molecule has 2 aliphatic rings. The van der Waals surface area contributed by atoms with Crippen LogP contribution in [0.1, 0.15) is 25.3 Å². The Morgan fingerprint density at radius 3 is 2.88 bits per heavy atom. The molecule has 2 fully saturated rings. The highest BCUT2D eigenvalue weighted by Gasteiger charge is 2.32. The van der Waals surface area contributed by atoms with Crippen molar-refractivity contribution in [3.05, 3.63) is 34.1 Å². The minimum Gasteiger partial charge on any atom is -0.375 e. The monoisotopic (exact) mass is 541 g/mol. The fraction of sp³-hybridized carbons (Fsp3) is 0.611. The number of guanidine groups is 1. The van der Waals surface area contributed by atoms with Crippen molar-refractivity contribution in [2.45, 2.75) is 38.5 Å². The zero-order valence-corrected chi connectivity index (χ0v) is 18.8. The van der Waals surface area contributed by atoms with Gasteiger partial charge in [0.25, 0.3) is 0 Å². The number of halogens is 3. The molecule has 0 spiro atoms. The molecular weight excluding hydrogens is 516 g/mol. The largest absolute Gasteiger partial charge is 0.375 e. The van der Waals surface area contributed by atoms with E-state index < -0.39 is 0 Å². The van der Waals surface area contributed by atoms with Gasteiger partial charge in [-0.25, -0.2) is 9.38 Å². The van der Waals surface area contributed by atoms with Crippen molar-refractivity contribution in [3.63, 3.8) is 0 Å². The van der Waals surface area contributed by atoms with Crippen molar-refractivity contribution < 1.29 is 13.9 Å². The summed E-state index contributed by atoms with van der Waals surface area (Å²) in [5.41, 5.74) is 0.833. The first-order valence-corrected chi connectivity index (χ1v) is 9.67. The van der Waals surface area contributed by atoms with Gasteiger partial charge in [-0.1, -0.05) is 15.9 Å². The molecule has 0 radical (unpaired) electrons. The van der Waals surface area contributed by atoms with Gasteiger partial charge in [0.05, 0.1) is 19.3 Å². The first-order chi connectivity index (χ1) is 12.2. The van der Waals surface area contributed by atoms with Crippen molar-refractivity contribution >= 4 is 45.9 Å². The fourth-order valence-electron chi connectivity index (χ4n) is 3.24.